The van der Waals surface area contributed by atoms with E-state index in [2.05, 4.69) is 10.0 Å². The highest BCUT2D eigenvalue weighted by Gasteiger charge is 2.18. The van der Waals surface area contributed by atoms with E-state index in [1.165, 1.54) is 12.1 Å². The molecular weight excluding hydrogens is 448 g/mol. The van der Waals surface area contributed by atoms with Crippen molar-refractivity contribution in [2.45, 2.75) is 11.3 Å². The number of para-hydroxylation sites is 2. The number of carbonyl (C=O) groups excluding carboxylic acids is 1. The fourth-order valence-corrected chi connectivity index (χ4v) is 4.43. The van der Waals surface area contributed by atoms with Crippen LogP contribution in [0, 0.1) is 0 Å². The third kappa shape index (κ3) is 6.02. The maximum atomic E-state index is 13.0. The van der Waals surface area contributed by atoms with Crippen LogP contribution in [0.25, 0.3) is 0 Å². The van der Waals surface area contributed by atoms with Gasteiger partial charge in [-0.15, -0.1) is 0 Å². The Hall–Kier alpha value is -4.10. The third-order valence-electron chi connectivity index (χ3n) is 5.07. The minimum absolute atomic E-state index is 0.0622. The first-order valence-electron chi connectivity index (χ1n) is 10.8. The Morgan fingerprint density at radius 3 is 2.00 bits per heavy atom. The van der Waals surface area contributed by atoms with Gasteiger partial charge in [-0.3, -0.25) is 9.52 Å². The molecule has 4 aromatic rings. The van der Waals surface area contributed by atoms with Crippen LogP contribution in [0.4, 0.5) is 5.69 Å². The van der Waals surface area contributed by atoms with Crippen LogP contribution in [0.1, 0.15) is 15.9 Å². The molecule has 0 fully saturated rings. The average Bonchev–Trinajstić information content (AvgIpc) is 2.86. The first-order chi connectivity index (χ1) is 16.5. The molecule has 0 atom stereocenters. The maximum absolute atomic E-state index is 13.0. The Morgan fingerprint density at radius 1 is 0.706 bits per heavy atom. The summed E-state index contributed by atoms with van der Waals surface area (Å²) in [6.07, 6.45) is 0.678. The van der Waals surface area contributed by atoms with Crippen molar-refractivity contribution in [2.75, 3.05) is 11.3 Å². The number of hydrogen-bond donors (Lipinski definition) is 2. The molecule has 6 nitrogen and oxygen atoms in total. The van der Waals surface area contributed by atoms with Crippen molar-refractivity contribution in [3.05, 3.63) is 120 Å². The fraction of sp³-hybridized carbons (Fsp3) is 0.0741. The van der Waals surface area contributed by atoms with Gasteiger partial charge in [-0.2, -0.15) is 0 Å². The second-order valence-corrected chi connectivity index (χ2v) is 9.21. The molecule has 7 heteroatoms. The molecule has 1 amide bonds. The Bertz CT molecular complexity index is 1340. The van der Waals surface area contributed by atoms with E-state index in [0.29, 0.717) is 24.5 Å². The SMILES string of the molecule is O=C(NCCc1ccccc1)c1ccccc1NS(=O)(=O)c1ccc(Oc2ccccc2)cc1. The van der Waals surface area contributed by atoms with Crippen molar-refractivity contribution < 1.29 is 17.9 Å². The van der Waals surface area contributed by atoms with E-state index in [1.54, 1.807) is 36.4 Å². The van der Waals surface area contributed by atoms with Gasteiger partial charge < -0.3 is 10.1 Å². The van der Waals surface area contributed by atoms with E-state index in [9.17, 15) is 13.2 Å². The molecule has 4 rings (SSSR count). The number of sulfonamides is 1. The predicted molar refractivity (Wildman–Crippen MR) is 133 cm³/mol. The molecule has 0 aliphatic carbocycles. The number of carbonyl (C=O) groups is 1. The van der Waals surface area contributed by atoms with Gasteiger partial charge in [0.15, 0.2) is 0 Å². The van der Waals surface area contributed by atoms with E-state index in [4.69, 9.17) is 4.74 Å². The first kappa shape index (κ1) is 23.1. The number of benzene rings is 4. The van der Waals surface area contributed by atoms with Crippen LogP contribution in [-0.2, 0) is 16.4 Å². The van der Waals surface area contributed by atoms with E-state index >= 15 is 0 Å². The average molecular weight is 473 g/mol. The second-order valence-electron chi connectivity index (χ2n) is 7.53. The second kappa shape index (κ2) is 10.7. The summed E-state index contributed by atoms with van der Waals surface area (Å²) in [4.78, 5) is 12.8. The largest absolute Gasteiger partial charge is 0.457 e. The lowest BCUT2D eigenvalue weighted by molar-refractivity contribution is 0.0955. The van der Waals surface area contributed by atoms with Gasteiger partial charge >= 0.3 is 0 Å². The number of nitrogens with one attached hydrogen (secondary N) is 2. The maximum Gasteiger partial charge on any atom is 0.261 e. The van der Waals surface area contributed by atoms with Crippen molar-refractivity contribution in [1.29, 1.82) is 0 Å². The Balaban J connectivity index is 1.43. The van der Waals surface area contributed by atoms with Crippen LogP contribution in [0.5, 0.6) is 11.5 Å². The number of anilines is 1. The van der Waals surface area contributed by atoms with Gasteiger partial charge in [-0.25, -0.2) is 8.42 Å². The van der Waals surface area contributed by atoms with Crippen molar-refractivity contribution >= 4 is 21.6 Å². The fourth-order valence-electron chi connectivity index (χ4n) is 3.35. The molecule has 172 valence electrons. The molecule has 34 heavy (non-hydrogen) atoms. The summed E-state index contributed by atoms with van der Waals surface area (Å²) in [5.41, 5.74) is 1.57. The quantitative estimate of drug-likeness (QED) is 0.348. The van der Waals surface area contributed by atoms with Crippen LogP contribution >= 0.6 is 0 Å². The summed E-state index contributed by atoms with van der Waals surface area (Å²) in [5, 5.41) is 2.85. The van der Waals surface area contributed by atoms with Gasteiger partial charge in [0.05, 0.1) is 16.1 Å². The summed E-state index contributed by atoms with van der Waals surface area (Å²) >= 11 is 0. The molecule has 0 aliphatic rings. The number of rotatable bonds is 9. The molecule has 4 aromatic carbocycles. The van der Waals surface area contributed by atoms with Gasteiger partial charge in [0, 0.05) is 6.54 Å². The summed E-state index contributed by atoms with van der Waals surface area (Å²) in [5.74, 6) is 0.827. The molecular formula is C27H24N2O4S. The van der Waals surface area contributed by atoms with Gasteiger partial charge in [0.1, 0.15) is 11.5 Å². The van der Waals surface area contributed by atoms with Crippen LogP contribution in [0.15, 0.2) is 114 Å². The van der Waals surface area contributed by atoms with Crippen molar-refractivity contribution in [3.8, 4) is 11.5 Å². The highest BCUT2D eigenvalue weighted by Crippen LogP contribution is 2.25. The number of hydrogen-bond acceptors (Lipinski definition) is 4. The standard InChI is InChI=1S/C27H24N2O4S/c30-27(28-20-19-21-9-3-1-4-10-21)25-13-7-8-14-26(25)29-34(31,32)24-17-15-23(16-18-24)33-22-11-5-2-6-12-22/h1-18,29H,19-20H2,(H,28,30). The van der Waals surface area contributed by atoms with E-state index in [-0.39, 0.29) is 22.1 Å². The van der Waals surface area contributed by atoms with E-state index in [0.717, 1.165) is 5.56 Å². The number of amides is 1. The zero-order chi connectivity index (χ0) is 23.8. The molecule has 0 unspecified atom stereocenters. The van der Waals surface area contributed by atoms with Gasteiger partial charge in [0.25, 0.3) is 15.9 Å². The normalized spacial score (nSPS) is 10.9. The van der Waals surface area contributed by atoms with Gasteiger partial charge in [-0.1, -0.05) is 60.7 Å². The van der Waals surface area contributed by atoms with Crippen molar-refractivity contribution in [3.63, 3.8) is 0 Å². The van der Waals surface area contributed by atoms with Crippen LogP contribution in [0.2, 0.25) is 0 Å². The molecule has 0 bridgehead atoms. The minimum Gasteiger partial charge on any atom is -0.457 e. The zero-order valence-corrected chi connectivity index (χ0v) is 19.2. The Kier molecular flexibility index (Phi) is 7.25. The van der Waals surface area contributed by atoms with E-state index < -0.39 is 10.0 Å². The lowest BCUT2D eigenvalue weighted by atomic mass is 10.1. The Labute approximate surface area is 199 Å². The highest BCUT2D eigenvalue weighted by molar-refractivity contribution is 7.92. The monoisotopic (exact) mass is 472 g/mol. The molecule has 0 heterocycles. The van der Waals surface area contributed by atoms with Crippen LogP contribution in [-0.4, -0.2) is 20.9 Å². The minimum atomic E-state index is -3.91. The summed E-state index contributed by atoms with van der Waals surface area (Å²) in [7, 11) is -3.91. The third-order valence-corrected chi connectivity index (χ3v) is 6.45. The van der Waals surface area contributed by atoms with E-state index in [1.807, 2.05) is 60.7 Å². The summed E-state index contributed by atoms with van der Waals surface area (Å²) < 4.78 is 34.2. The molecule has 0 saturated carbocycles. The van der Waals surface area contributed by atoms with Crippen molar-refractivity contribution in [1.82, 2.24) is 5.32 Å². The van der Waals surface area contributed by atoms with Gasteiger partial charge in [0.2, 0.25) is 0 Å². The Morgan fingerprint density at radius 2 is 1.29 bits per heavy atom. The van der Waals surface area contributed by atoms with Crippen molar-refractivity contribution in [2.24, 2.45) is 0 Å². The molecule has 0 saturated heterocycles. The smallest absolute Gasteiger partial charge is 0.261 e. The molecule has 0 radical (unpaired) electrons. The highest BCUT2D eigenvalue weighted by atomic mass is 32.2. The topological polar surface area (TPSA) is 84.5 Å². The zero-order valence-electron chi connectivity index (χ0n) is 18.3. The van der Waals surface area contributed by atoms with Crippen LogP contribution < -0.4 is 14.8 Å². The molecule has 0 aromatic heterocycles. The molecule has 0 spiro atoms. The first-order valence-corrected chi connectivity index (χ1v) is 12.3. The lowest BCUT2D eigenvalue weighted by Crippen LogP contribution is -2.27. The summed E-state index contributed by atoms with van der Waals surface area (Å²) in [6, 6.07) is 31.7. The molecule has 2 N–H and O–H groups in total. The molecule has 0 aliphatic heterocycles. The summed E-state index contributed by atoms with van der Waals surface area (Å²) in [6.45, 7) is 0.437. The number of ether oxygens (including phenoxy) is 1. The van der Waals surface area contributed by atoms with Crippen LogP contribution in [0.3, 0.4) is 0 Å². The lowest BCUT2D eigenvalue weighted by Gasteiger charge is -2.13. The predicted octanol–water partition coefficient (Wildman–Crippen LogP) is 5.25. The van der Waals surface area contributed by atoms with Gasteiger partial charge in [-0.05, 0) is 60.5 Å².